The van der Waals surface area contributed by atoms with E-state index in [1.54, 1.807) is 18.2 Å². The highest BCUT2D eigenvalue weighted by Gasteiger charge is 2.37. The smallest absolute Gasteiger partial charge is 0.407 e. The molecule has 1 aromatic carbocycles. The second-order valence-corrected chi connectivity index (χ2v) is 10.8. The summed E-state index contributed by atoms with van der Waals surface area (Å²) in [7, 11) is -3.41. The number of carbonyl (C=O) groups excluding carboxylic acids is 2. The van der Waals surface area contributed by atoms with Crippen molar-refractivity contribution in [3.05, 3.63) is 29.3 Å². The van der Waals surface area contributed by atoms with Crippen molar-refractivity contribution in [2.45, 2.75) is 75.6 Å². The van der Waals surface area contributed by atoms with Crippen LogP contribution < -0.4 is 21.5 Å². The predicted molar refractivity (Wildman–Crippen MR) is 121 cm³/mol. The summed E-state index contributed by atoms with van der Waals surface area (Å²) in [5, 5.41) is 5.68. The average molecular weight is 467 g/mol. The van der Waals surface area contributed by atoms with Crippen LogP contribution in [0.5, 0.6) is 0 Å². The van der Waals surface area contributed by atoms with Crippen molar-refractivity contribution >= 4 is 21.8 Å². The molecule has 4 N–H and O–H groups in total. The normalized spacial score (nSPS) is 25.5. The van der Waals surface area contributed by atoms with Crippen molar-refractivity contribution in [1.82, 2.24) is 21.5 Å². The molecule has 32 heavy (non-hydrogen) atoms. The first-order valence-corrected chi connectivity index (χ1v) is 13.1. The third-order valence-electron chi connectivity index (χ3n) is 6.02. The molecule has 0 bridgehead atoms. The van der Waals surface area contributed by atoms with Crippen LogP contribution in [0.3, 0.4) is 0 Å². The second kappa shape index (κ2) is 10.6. The van der Waals surface area contributed by atoms with Gasteiger partial charge in [-0.15, -0.1) is 0 Å². The fourth-order valence-electron chi connectivity index (χ4n) is 4.48. The van der Waals surface area contributed by atoms with E-state index in [0.29, 0.717) is 24.4 Å². The zero-order chi connectivity index (χ0) is 23.3. The lowest BCUT2D eigenvalue weighted by molar-refractivity contribution is -0.121. The Morgan fingerprint density at radius 1 is 1.19 bits per heavy atom. The summed E-state index contributed by atoms with van der Waals surface area (Å²) in [4.78, 5) is 24.6. The Labute approximate surface area is 189 Å². The highest BCUT2D eigenvalue weighted by atomic mass is 32.2. The molecule has 0 radical (unpaired) electrons. The lowest BCUT2D eigenvalue weighted by Gasteiger charge is -2.18. The fraction of sp³-hybridized carbons (Fsp3) is 0.636. The molecule has 3 rings (SSSR count). The summed E-state index contributed by atoms with van der Waals surface area (Å²) in [5.74, 6) is 0.114. The molecule has 2 amide bonds. The molecule has 10 heteroatoms. The van der Waals surface area contributed by atoms with E-state index < -0.39 is 9.84 Å². The largest absolute Gasteiger partial charge is 0.446 e. The Balaban J connectivity index is 1.48. The van der Waals surface area contributed by atoms with Crippen LogP contribution in [0.4, 0.5) is 4.79 Å². The van der Waals surface area contributed by atoms with E-state index in [2.05, 4.69) is 21.5 Å². The third kappa shape index (κ3) is 6.66. The van der Waals surface area contributed by atoms with E-state index >= 15 is 0 Å². The Morgan fingerprint density at radius 2 is 1.97 bits per heavy atom. The van der Waals surface area contributed by atoms with Crippen LogP contribution in [0, 0.1) is 12.8 Å². The summed E-state index contributed by atoms with van der Waals surface area (Å²) in [6, 6.07) is 5.20. The summed E-state index contributed by atoms with van der Waals surface area (Å²) in [5.41, 5.74) is 7.78. The number of amides is 2. The molecule has 1 aromatic rings. The lowest BCUT2D eigenvalue weighted by atomic mass is 9.96. The van der Waals surface area contributed by atoms with Crippen molar-refractivity contribution in [1.29, 1.82) is 0 Å². The molecule has 4 atom stereocenters. The van der Waals surface area contributed by atoms with Crippen LogP contribution in [-0.4, -0.2) is 51.5 Å². The van der Waals surface area contributed by atoms with Gasteiger partial charge >= 0.3 is 6.09 Å². The molecule has 1 saturated heterocycles. The molecular formula is C22H34N4O5S. The van der Waals surface area contributed by atoms with E-state index in [-0.39, 0.29) is 41.6 Å². The number of carbonyl (C=O) groups is 2. The molecule has 2 fully saturated rings. The number of hydrogen-bond donors (Lipinski definition) is 4. The number of hydrazine groups is 1. The van der Waals surface area contributed by atoms with Gasteiger partial charge in [0, 0.05) is 18.8 Å². The summed E-state index contributed by atoms with van der Waals surface area (Å²) < 4.78 is 29.6. The molecule has 2 unspecified atom stereocenters. The number of alkyl carbamates (subject to hydrolysis) is 1. The zero-order valence-corrected chi connectivity index (χ0v) is 19.8. The molecule has 1 aliphatic heterocycles. The second-order valence-electron chi connectivity index (χ2n) is 8.84. The SMILES string of the molecule is CCCNC(=O)O[C@@H]1CC[C@H](C2CC(NC(=O)Cc3cc(C)ccc3S(C)(=O)=O)NN2)C1. The van der Waals surface area contributed by atoms with Gasteiger partial charge in [-0.3, -0.25) is 10.2 Å². The molecular weight excluding hydrogens is 432 g/mol. The van der Waals surface area contributed by atoms with Crippen LogP contribution in [0.25, 0.3) is 0 Å². The predicted octanol–water partition coefficient (Wildman–Crippen LogP) is 1.55. The Hall–Kier alpha value is -2.17. The molecule has 1 saturated carbocycles. The van der Waals surface area contributed by atoms with E-state index in [1.165, 1.54) is 0 Å². The molecule has 1 heterocycles. The Kier molecular flexibility index (Phi) is 8.13. The monoisotopic (exact) mass is 466 g/mol. The first kappa shape index (κ1) is 24.5. The fourth-order valence-corrected chi connectivity index (χ4v) is 5.40. The van der Waals surface area contributed by atoms with Crippen molar-refractivity contribution in [2.24, 2.45) is 5.92 Å². The molecule has 0 aromatic heterocycles. The quantitative estimate of drug-likeness (QED) is 0.458. The Bertz CT molecular complexity index is 936. The van der Waals surface area contributed by atoms with Crippen LogP contribution in [0.2, 0.25) is 0 Å². The van der Waals surface area contributed by atoms with Gasteiger partial charge in [0.1, 0.15) is 6.10 Å². The van der Waals surface area contributed by atoms with Crippen molar-refractivity contribution < 1.29 is 22.7 Å². The van der Waals surface area contributed by atoms with Gasteiger partial charge in [0.05, 0.1) is 17.5 Å². The maximum atomic E-state index is 12.6. The number of nitrogens with one attached hydrogen (secondary N) is 4. The van der Waals surface area contributed by atoms with Gasteiger partial charge in [0.25, 0.3) is 0 Å². The first-order valence-electron chi connectivity index (χ1n) is 11.2. The number of benzene rings is 1. The van der Waals surface area contributed by atoms with Gasteiger partial charge in [0.15, 0.2) is 9.84 Å². The highest BCUT2D eigenvalue weighted by molar-refractivity contribution is 7.90. The van der Waals surface area contributed by atoms with Gasteiger partial charge in [-0.1, -0.05) is 24.6 Å². The minimum absolute atomic E-state index is 0.000849. The number of hydrogen-bond acceptors (Lipinski definition) is 7. The van der Waals surface area contributed by atoms with Crippen molar-refractivity contribution in [3.8, 4) is 0 Å². The number of aryl methyl sites for hydroxylation is 1. The third-order valence-corrected chi connectivity index (χ3v) is 7.22. The molecule has 2 aliphatic rings. The summed E-state index contributed by atoms with van der Waals surface area (Å²) >= 11 is 0. The molecule has 0 spiro atoms. The van der Waals surface area contributed by atoms with Crippen LogP contribution in [0.15, 0.2) is 23.1 Å². The van der Waals surface area contributed by atoms with Crippen LogP contribution in [-0.2, 0) is 25.8 Å². The van der Waals surface area contributed by atoms with Gasteiger partial charge in [-0.05, 0) is 56.6 Å². The van der Waals surface area contributed by atoms with Gasteiger partial charge < -0.3 is 15.4 Å². The first-order chi connectivity index (χ1) is 15.2. The minimum atomic E-state index is -3.41. The van der Waals surface area contributed by atoms with Crippen LogP contribution >= 0.6 is 0 Å². The number of rotatable bonds is 8. The zero-order valence-electron chi connectivity index (χ0n) is 18.9. The van der Waals surface area contributed by atoms with Gasteiger partial charge in [-0.25, -0.2) is 18.6 Å². The number of sulfone groups is 1. The van der Waals surface area contributed by atoms with E-state index in [4.69, 9.17) is 4.74 Å². The average Bonchev–Trinajstić information content (AvgIpc) is 3.34. The topological polar surface area (TPSA) is 126 Å². The molecule has 178 valence electrons. The summed E-state index contributed by atoms with van der Waals surface area (Å²) in [6.07, 6.45) is 4.62. The van der Waals surface area contributed by atoms with Crippen molar-refractivity contribution in [3.63, 3.8) is 0 Å². The van der Waals surface area contributed by atoms with Gasteiger partial charge in [-0.2, -0.15) is 0 Å². The number of ether oxygens (including phenoxy) is 1. The van der Waals surface area contributed by atoms with Crippen molar-refractivity contribution in [2.75, 3.05) is 12.8 Å². The van der Waals surface area contributed by atoms with Gasteiger partial charge in [0.2, 0.25) is 5.91 Å². The molecule has 1 aliphatic carbocycles. The molecule has 9 nitrogen and oxygen atoms in total. The highest BCUT2D eigenvalue weighted by Crippen LogP contribution is 2.33. The summed E-state index contributed by atoms with van der Waals surface area (Å²) in [6.45, 7) is 4.47. The standard InChI is InChI=1S/C22H34N4O5S/c1-4-9-23-22(28)31-17-7-6-15(11-17)18-13-20(26-25-18)24-21(27)12-16-10-14(2)5-8-19(16)32(3,29)30/h5,8,10,15,17-18,20,25-26H,4,6-7,9,11-13H2,1-3H3,(H,23,28)(H,24,27)/t15-,17+,18?,20?/m0/s1. The van der Waals surface area contributed by atoms with E-state index in [1.807, 2.05) is 13.8 Å². The maximum Gasteiger partial charge on any atom is 0.407 e. The maximum absolute atomic E-state index is 12.6. The van der Waals surface area contributed by atoms with Crippen LogP contribution in [0.1, 0.15) is 50.2 Å². The van der Waals surface area contributed by atoms with E-state index in [9.17, 15) is 18.0 Å². The minimum Gasteiger partial charge on any atom is -0.446 e. The Morgan fingerprint density at radius 3 is 2.69 bits per heavy atom. The lowest BCUT2D eigenvalue weighted by Crippen LogP contribution is -2.45. The van der Waals surface area contributed by atoms with E-state index in [0.717, 1.165) is 37.5 Å².